The van der Waals surface area contributed by atoms with Crippen LogP contribution in [0.2, 0.25) is 0 Å². The quantitative estimate of drug-likeness (QED) is 0.599. The van der Waals surface area contributed by atoms with Crippen molar-refractivity contribution in [2.45, 2.75) is 32.1 Å². The summed E-state index contributed by atoms with van der Waals surface area (Å²) in [4.78, 5) is 20.7. The number of anilines is 1. The number of benzene rings is 1. The molecule has 0 spiro atoms. The maximum atomic E-state index is 12.3. The second-order valence-corrected chi connectivity index (χ2v) is 6.57. The van der Waals surface area contributed by atoms with Crippen LogP contribution in [0.15, 0.2) is 69.2 Å². The molecule has 0 bridgehead atoms. The van der Waals surface area contributed by atoms with Crippen molar-refractivity contribution in [3.8, 4) is 0 Å². The van der Waals surface area contributed by atoms with Gasteiger partial charge in [0.05, 0.1) is 0 Å². The number of carbonyl (C=O) groups excluding carboxylic acids is 1. The van der Waals surface area contributed by atoms with Gasteiger partial charge in [-0.3, -0.25) is 14.8 Å². The van der Waals surface area contributed by atoms with E-state index in [9.17, 15) is 4.79 Å². The maximum Gasteiger partial charge on any atom is 0.248 e. The van der Waals surface area contributed by atoms with Gasteiger partial charge in [0.1, 0.15) is 0 Å². The number of hydrogen-bond acceptors (Lipinski definition) is 3. The van der Waals surface area contributed by atoms with Crippen LogP contribution < -0.4 is 5.32 Å². The first-order valence-electron chi connectivity index (χ1n) is 9.12. The van der Waals surface area contributed by atoms with Crippen LogP contribution >= 0.6 is 0 Å². The monoisotopic (exact) mass is 347 g/mol. The number of aliphatic imine (C=N–C) groups is 2. The predicted molar refractivity (Wildman–Crippen MR) is 109 cm³/mol. The first-order chi connectivity index (χ1) is 12.7. The molecule has 1 aromatic carbocycles. The van der Waals surface area contributed by atoms with Gasteiger partial charge in [-0.2, -0.15) is 0 Å². The largest absolute Gasteiger partial charge is 0.323 e. The molecule has 0 saturated heterocycles. The van der Waals surface area contributed by atoms with Gasteiger partial charge in [-0.25, -0.2) is 0 Å². The minimum atomic E-state index is -0.138. The molecule has 0 aromatic heterocycles. The molecule has 26 heavy (non-hydrogen) atoms. The van der Waals surface area contributed by atoms with E-state index < -0.39 is 0 Å². The molecule has 1 aliphatic heterocycles. The zero-order valence-corrected chi connectivity index (χ0v) is 15.4. The van der Waals surface area contributed by atoms with Crippen LogP contribution in [0.3, 0.4) is 0 Å². The summed E-state index contributed by atoms with van der Waals surface area (Å²) in [6.45, 7) is 2.76. The molecule has 4 heteroatoms. The van der Waals surface area contributed by atoms with Crippen molar-refractivity contribution in [1.29, 1.82) is 0 Å². The van der Waals surface area contributed by atoms with E-state index in [1.54, 1.807) is 13.1 Å². The molecular formula is C22H25N3O. The Morgan fingerprint density at radius 3 is 2.69 bits per heavy atom. The predicted octanol–water partition coefficient (Wildman–Crippen LogP) is 4.48. The Morgan fingerprint density at radius 2 is 2.04 bits per heavy atom. The van der Waals surface area contributed by atoms with Crippen molar-refractivity contribution in [3.63, 3.8) is 0 Å². The molecule has 134 valence electrons. The van der Waals surface area contributed by atoms with Crippen LogP contribution in [0.1, 0.15) is 37.7 Å². The summed E-state index contributed by atoms with van der Waals surface area (Å²) in [5.74, 6) is 0.587. The maximum absolute atomic E-state index is 12.3. The lowest BCUT2D eigenvalue weighted by atomic mass is 9.95. The van der Waals surface area contributed by atoms with Crippen LogP contribution in [0.5, 0.6) is 0 Å². The van der Waals surface area contributed by atoms with Crippen molar-refractivity contribution >= 4 is 24.0 Å². The van der Waals surface area contributed by atoms with Gasteiger partial charge in [-0.15, -0.1) is 0 Å². The Bertz CT molecular complexity index is 806. The topological polar surface area (TPSA) is 53.8 Å². The van der Waals surface area contributed by atoms with Gasteiger partial charge in [0, 0.05) is 37.8 Å². The number of allylic oxidation sites excluding steroid dienone is 4. The Labute approximate surface area is 155 Å². The molecule has 3 rings (SSSR count). The van der Waals surface area contributed by atoms with Gasteiger partial charge in [0.2, 0.25) is 5.91 Å². The molecule has 2 aliphatic rings. The number of nitrogens with zero attached hydrogens (tertiary/aromatic N) is 2. The van der Waals surface area contributed by atoms with Crippen LogP contribution in [0.25, 0.3) is 0 Å². The number of rotatable bonds is 6. The van der Waals surface area contributed by atoms with E-state index in [1.165, 1.54) is 24.0 Å². The SMILES string of the molecule is C/C=C(\C=N/C)C1=C(/C=C/C(=O)Nc2ccc(C3CC3)cc2)C=NCC1. The normalized spacial score (nSPS) is 18.2. The third-order valence-electron chi connectivity index (χ3n) is 4.64. The van der Waals surface area contributed by atoms with E-state index in [4.69, 9.17) is 0 Å². The lowest BCUT2D eigenvalue weighted by molar-refractivity contribution is -0.111. The minimum absolute atomic E-state index is 0.138. The Balaban J connectivity index is 1.69. The molecule has 1 aromatic rings. The minimum Gasteiger partial charge on any atom is -0.323 e. The van der Waals surface area contributed by atoms with Crippen molar-refractivity contribution in [2.75, 3.05) is 18.9 Å². The molecule has 1 aliphatic carbocycles. The summed E-state index contributed by atoms with van der Waals surface area (Å²) >= 11 is 0. The highest BCUT2D eigenvalue weighted by molar-refractivity contribution is 6.01. The highest BCUT2D eigenvalue weighted by atomic mass is 16.1. The fourth-order valence-corrected chi connectivity index (χ4v) is 3.09. The number of dihydropyridines is 1. The molecule has 0 radical (unpaired) electrons. The van der Waals surface area contributed by atoms with E-state index >= 15 is 0 Å². The van der Waals surface area contributed by atoms with Gasteiger partial charge >= 0.3 is 0 Å². The zero-order valence-electron chi connectivity index (χ0n) is 15.4. The fraction of sp³-hybridized carbons (Fsp3) is 0.318. The summed E-state index contributed by atoms with van der Waals surface area (Å²) in [6, 6.07) is 8.16. The molecule has 1 N–H and O–H groups in total. The lowest BCUT2D eigenvalue weighted by Crippen LogP contribution is -2.09. The molecular weight excluding hydrogens is 322 g/mol. The molecule has 0 unspecified atom stereocenters. The Kier molecular flexibility index (Phi) is 5.95. The zero-order chi connectivity index (χ0) is 18.4. The van der Waals surface area contributed by atoms with Crippen molar-refractivity contribution in [3.05, 3.63) is 64.8 Å². The number of carbonyl (C=O) groups is 1. The van der Waals surface area contributed by atoms with E-state index in [2.05, 4.69) is 27.4 Å². The molecule has 1 heterocycles. The van der Waals surface area contributed by atoms with Crippen molar-refractivity contribution < 1.29 is 4.79 Å². The van der Waals surface area contributed by atoms with E-state index in [0.717, 1.165) is 35.7 Å². The smallest absolute Gasteiger partial charge is 0.248 e. The van der Waals surface area contributed by atoms with Crippen LogP contribution in [-0.4, -0.2) is 31.9 Å². The molecule has 1 amide bonds. The summed E-state index contributed by atoms with van der Waals surface area (Å²) in [5, 5.41) is 2.92. The number of nitrogens with one attached hydrogen (secondary N) is 1. The van der Waals surface area contributed by atoms with Gasteiger partial charge in [-0.05, 0) is 72.6 Å². The van der Waals surface area contributed by atoms with Crippen LogP contribution in [-0.2, 0) is 4.79 Å². The first-order valence-corrected chi connectivity index (χ1v) is 9.12. The van der Waals surface area contributed by atoms with Gasteiger partial charge in [0.15, 0.2) is 0 Å². The van der Waals surface area contributed by atoms with Gasteiger partial charge in [0.25, 0.3) is 0 Å². The Hall–Kier alpha value is -2.75. The highest BCUT2D eigenvalue weighted by Crippen LogP contribution is 2.40. The van der Waals surface area contributed by atoms with E-state index in [1.807, 2.05) is 43.6 Å². The number of amides is 1. The Morgan fingerprint density at radius 1 is 1.27 bits per heavy atom. The molecule has 1 fully saturated rings. The lowest BCUT2D eigenvalue weighted by Gasteiger charge is -2.14. The molecule has 0 atom stereocenters. The van der Waals surface area contributed by atoms with E-state index in [0.29, 0.717) is 0 Å². The summed E-state index contributed by atoms with van der Waals surface area (Å²) in [5.41, 5.74) is 5.40. The summed E-state index contributed by atoms with van der Waals surface area (Å²) in [6.07, 6.45) is 12.5. The van der Waals surface area contributed by atoms with Crippen LogP contribution in [0, 0.1) is 0 Å². The molecule has 1 saturated carbocycles. The standard InChI is InChI=1S/C22H25N3O/c1-3-16(14-23-2)21-12-13-24-15-19(21)8-11-22(26)25-20-9-6-18(7-10-20)17-4-5-17/h3,6-11,14-15,17H,4-5,12-13H2,1-2H3,(H,25,26)/b11-8+,16-3+,23-14-. The second kappa shape index (κ2) is 8.56. The number of hydrogen-bond donors (Lipinski definition) is 1. The van der Waals surface area contributed by atoms with Crippen molar-refractivity contribution in [2.24, 2.45) is 9.98 Å². The van der Waals surface area contributed by atoms with E-state index in [-0.39, 0.29) is 5.91 Å². The van der Waals surface area contributed by atoms with Gasteiger partial charge in [-0.1, -0.05) is 18.2 Å². The van der Waals surface area contributed by atoms with Gasteiger partial charge < -0.3 is 5.32 Å². The fourth-order valence-electron chi connectivity index (χ4n) is 3.09. The average Bonchev–Trinajstić information content (AvgIpc) is 3.51. The van der Waals surface area contributed by atoms with Crippen LogP contribution in [0.4, 0.5) is 5.69 Å². The third kappa shape index (κ3) is 4.66. The highest BCUT2D eigenvalue weighted by Gasteiger charge is 2.22. The summed E-state index contributed by atoms with van der Waals surface area (Å²) < 4.78 is 0. The summed E-state index contributed by atoms with van der Waals surface area (Å²) in [7, 11) is 1.76. The third-order valence-corrected chi connectivity index (χ3v) is 4.64. The second-order valence-electron chi connectivity index (χ2n) is 6.57. The average molecular weight is 347 g/mol. The van der Waals surface area contributed by atoms with Crippen molar-refractivity contribution in [1.82, 2.24) is 0 Å². The first kappa shape index (κ1) is 18.1. The molecule has 4 nitrogen and oxygen atoms in total.